The summed E-state index contributed by atoms with van der Waals surface area (Å²) in [6.07, 6.45) is 6.53. The number of thiazole rings is 1. The topological polar surface area (TPSA) is 74.3 Å². The Bertz CT molecular complexity index is 819. The van der Waals surface area contributed by atoms with E-state index in [-0.39, 0.29) is 30.6 Å². The zero-order valence-electron chi connectivity index (χ0n) is 16.3. The van der Waals surface area contributed by atoms with Crippen LogP contribution in [-0.2, 0) is 4.79 Å². The van der Waals surface area contributed by atoms with Gasteiger partial charge in [-0.15, -0.1) is 11.3 Å². The van der Waals surface area contributed by atoms with Crippen LogP contribution in [0.2, 0.25) is 0 Å². The number of carbonyl (C=O) groups excluding carboxylic acids is 2. The van der Waals surface area contributed by atoms with Crippen LogP contribution in [-0.4, -0.2) is 41.0 Å². The van der Waals surface area contributed by atoms with Gasteiger partial charge in [-0.1, -0.05) is 31.9 Å². The summed E-state index contributed by atoms with van der Waals surface area (Å²) in [5.74, 6) is 0.227. The molecule has 28 heavy (non-hydrogen) atoms. The lowest BCUT2D eigenvalue weighted by Crippen LogP contribution is -2.49. The second-order valence-corrected chi connectivity index (χ2v) is 9.10. The molecule has 1 aromatic carbocycles. The van der Waals surface area contributed by atoms with Crippen molar-refractivity contribution in [3.8, 4) is 0 Å². The Labute approximate surface area is 169 Å². The number of amides is 3. The fourth-order valence-corrected chi connectivity index (χ4v) is 5.55. The van der Waals surface area contributed by atoms with E-state index in [1.807, 2.05) is 18.2 Å². The van der Waals surface area contributed by atoms with Gasteiger partial charge in [0.2, 0.25) is 5.91 Å². The Morgan fingerprint density at radius 1 is 1.18 bits per heavy atom. The lowest BCUT2D eigenvalue weighted by atomic mass is 9.86. The molecule has 6 nitrogen and oxygen atoms in total. The smallest absolute Gasteiger partial charge is 0.321 e. The van der Waals surface area contributed by atoms with Crippen molar-refractivity contribution in [3.63, 3.8) is 0 Å². The first-order valence-corrected chi connectivity index (χ1v) is 11.1. The van der Waals surface area contributed by atoms with Gasteiger partial charge in [0.05, 0.1) is 22.8 Å². The third-order valence-corrected chi connectivity index (χ3v) is 7.12. The van der Waals surface area contributed by atoms with Gasteiger partial charge in [-0.3, -0.25) is 15.0 Å². The van der Waals surface area contributed by atoms with Gasteiger partial charge in [0.15, 0.2) is 0 Å². The average Bonchev–Trinajstić information content (AvgIpc) is 3.29. The highest BCUT2D eigenvalue weighted by molar-refractivity contribution is 7.18. The minimum atomic E-state index is -0.362. The molecule has 7 heteroatoms. The summed E-state index contributed by atoms with van der Waals surface area (Å²) in [6.45, 7) is 3.25. The standard InChI is InChI=1S/C21H28N4O2S/c1-14-7-2-3-8-15(14)23-21(27)24-19(26)13-25-12-6-10-17(25)20-22-16-9-4-5-11-18(16)28-20/h4-5,9,11,14-15,17H,2-3,6-8,10,12-13H2,1H3,(H2,23,24,26,27). The Morgan fingerprint density at radius 3 is 2.82 bits per heavy atom. The summed E-state index contributed by atoms with van der Waals surface area (Å²) in [5.41, 5.74) is 1.01. The lowest BCUT2D eigenvalue weighted by Gasteiger charge is -2.29. The maximum absolute atomic E-state index is 12.5. The Hall–Kier alpha value is -1.99. The number of rotatable bonds is 4. The van der Waals surface area contributed by atoms with E-state index in [0.29, 0.717) is 5.92 Å². The molecule has 0 spiro atoms. The maximum Gasteiger partial charge on any atom is 0.321 e. The van der Waals surface area contributed by atoms with Crippen molar-refractivity contribution in [1.82, 2.24) is 20.5 Å². The van der Waals surface area contributed by atoms with Gasteiger partial charge in [0, 0.05) is 6.04 Å². The van der Waals surface area contributed by atoms with Crippen molar-refractivity contribution in [1.29, 1.82) is 0 Å². The molecule has 1 saturated carbocycles. The Balaban J connectivity index is 1.33. The van der Waals surface area contributed by atoms with Crippen LogP contribution in [0, 0.1) is 5.92 Å². The molecule has 3 amide bonds. The fourth-order valence-electron chi connectivity index (χ4n) is 4.41. The van der Waals surface area contributed by atoms with Gasteiger partial charge in [-0.2, -0.15) is 0 Å². The van der Waals surface area contributed by atoms with E-state index in [9.17, 15) is 9.59 Å². The van der Waals surface area contributed by atoms with Gasteiger partial charge in [-0.05, 0) is 50.3 Å². The van der Waals surface area contributed by atoms with Gasteiger partial charge in [0.25, 0.3) is 0 Å². The first-order chi connectivity index (χ1) is 13.6. The highest BCUT2D eigenvalue weighted by Crippen LogP contribution is 2.36. The number of para-hydroxylation sites is 1. The summed E-state index contributed by atoms with van der Waals surface area (Å²) in [7, 11) is 0. The zero-order chi connectivity index (χ0) is 19.5. The number of imide groups is 1. The largest absolute Gasteiger partial charge is 0.335 e. The number of likely N-dealkylation sites (tertiary alicyclic amines) is 1. The van der Waals surface area contributed by atoms with Crippen molar-refractivity contribution in [3.05, 3.63) is 29.3 Å². The lowest BCUT2D eigenvalue weighted by molar-refractivity contribution is -0.121. The van der Waals surface area contributed by atoms with E-state index in [2.05, 4.69) is 28.5 Å². The quantitative estimate of drug-likeness (QED) is 0.818. The summed E-state index contributed by atoms with van der Waals surface area (Å²) >= 11 is 1.70. The predicted octanol–water partition coefficient (Wildman–Crippen LogP) is 3.84. The molecule has 2 heterocycles. The van der Waals surface area contributed by atoms with Gasteiger partial charge in [0.1, 0.15) is 5.01 Å². The first-order valence-electron chi connectivity index (χ1n) is 10.3. The number of aromatic nitrogens is 1. The van der Waals surface area contributed by atoms with Crippen LogP contribution in [0.4, 0.5) is 4.79 Å². The van der Waals surface area contributed by atoms with Crippen LogP contribution in [0.15, 0.2) is 24.3 Å². The van der Waals surface area contributed by atoms with Crippen molar-refractivity contribution in [2.45, 2.75) is 57.5 Å². The Morgan fingerprint density at radius 2 is 2.00 bits per heavy atom. The molecule has 150 valence electrons. The van der Waals surface area contributed by atoms with Gasteiger partial charge in [-0.25, -0.2) is 9.78 Å². The van der Waals surface area contributed by atoms with Crippen LogP contribution in [0.3, 0.4) is 0 Å². The van der Waals surface area contributed by atoms with Crippen LogP contribution in [0.25, 0.3) is 10.2 Å². The molecule has 2 aromatic rings. The zero-order valence-corrected chi connectivity index (χ0v) is 17.1. The van der Waals surface area contributed by atoms with Crippen LogP contribution >= 0.6 is 11.3 Å². The molecular weight excluding hydrogens is 372 g/mol. The van der Waals surface area contributed by atoms with Crippen molar-refractivity contribution >= 4 is 33.5 Å². The van der Waals surface area contributed by atoms with Crippen molar-refractivity contribution < 1.29 is 9.59 Å². The summed E-state index contributed by atoms with van der Waals surface area (Å²) in [4.78, 5) is 31.6. The number of carbonyl (C=O) groups is 2. The third-order valence-electron chi connectivity index (χ3n) is 5.99. The fraction of sp³-hybridized carbons (Fsp3) is 0.571. The third kappa shape index (κ3) is 4.36. The van der Waals surface area contributed by atoms with E-state index < -0.39 is 0 Å². The summed E-state index contributed by atoms with van der Waals surface area (Å²) < 4.78 is 1.18. The Kier molecular flexibility index (Phi) is 5.92. The SMILES string of the molecule is CC1CCCCC1NC(=O)NC(=O)CN1CCCC1c1nc2ccccc2s1. The van der Waals surface area contributed by atoms with Crippen molar-refractivity contribution in [2.24, 2.45) is 5.92 Å². The second-order valence-electron chi connectivity index (χ2n) is 8.04. The number of nitrogens with zero attached hydrogens (tertiary/aromatic N) is 2. The van der Waals surface area contributed by atoms with Crippen LogP contribution in [0.1, 0.15) is 56.5 Å². The molecule has 1 aliphatic heterocycles. The van der Waals surface area contributed by atoms with Crippen LogP contribution < -0.4 is 10.6 Å². The number of urea groups is 1. The molecule has 3 atom stereocenters. The molecule has 2 aliphatic rings. The molecule has 1 aliphatic carbocycles. The molecule has 2 fully saturated rings. The number of benzene rings is 1. The molecule has 1 saturated heterocycles. The highest BCUT2D eigenvalue weighted by Gasteiger charge is 2.30. The van der Waals surface area contributed by atoms with Gasteiger partial charge < -0.3 is 5.32 Å². The molecular formula is C21H28N4O2S. The van der Waals surface area contributed by atoms with Crippen LogP contribution in [0.5, 0.6) is 0 Å². The molecule has 1 aromatic heterocycles. The van der Waals surface area contributed by atoms with E-state index >= 15 is 0 Å². The summed E-state index contributed by atoms with van der Waals surface area (Å²) in [5, 5.41) is 6.57. The van der Waals surface area contributed by atoms with E-state index in [1.165, 1.54) is 11.1 Å². The van der Waals surface area contributed by atoms with E-state index in [0.717, 1.165) is 49.2 Å². The minimum Gasteiger partial charge on any atom is -0.335 e. The molecule has 3 unspecified atom stereocenters. The molecule has 4 rings (SSSR count). The van der Waals surface area contributed by atoms with Crippen molar-refractivity contribution in [2.75, 3.05) is 13.1 Å². The minimum absolute atomic E-state index is 0.157. The average molecular weight is 401 g/mol. The number of nitrogens with one attached hydrogen (secondary N) is 2. The normalized spacial score (nSPS) is 25.7. The van der Waals surface area contributed by atoms with E-state index in [4.69, 9.17) is 4.98 Å². The molecule has 0 bridgehead atoms. The molecule has 2 N–H and O–H groups in total. The van der Waals surface area contributed by atoms with E-state index in [1.54, 1.807) is 11.3 Å². The summed E-state index contributed by atoms with van der Waals surface area (Å²) in [6, 6.07) is 8.10. The maximum atomic E-state index is 12.5. The molecule has 0 radical (unpaired) electrons. The number of fused-ring (bicyclic) bond motifs is 1. The number of hydrogen-bond donors (Lipinski definition) is 2. The second kappa shape index (κ2) is 8.57. The highest BCUT2D eigenvalue weighted by atomic mass is 32.1. The number of hydrogen-bond acceptors (Lipinski definition) is 5. The first kappa shape index (κ1) is 19.3. The van der Waals surface area contributed by atoms with Gasteiger partial charge >= 0.3 is 6.03 Å². The predicted molar refractivity (Wildman–Crippen MR) is 111 cm³/mol. The monoisotopic (exact) mass is 400 g/mol.